The molecule has 2 aliphatic rings. The van der Waals surface area contributed by atoms with Crippen LogP contribution in [-0.4, -0.2) is 94.9 Å². The number of aliphatic hydroxyl groups is 2. The summed E-state index contributed by atoms with van der Waals surface area (Å²) >= 11 is 0. The van der Waals surface area contributed by atoms with Gasteiger partial charge >= 0.3 is 0 Å². The summed E-state index contributed by atoms with van der Waals surface area (Å²) in [5.41, 5.74) is 0.630. The Labute approximate surface area is 158 Å². The molecular weight excluding hydrogens is 358 g/mol. The van der Waals surface area contributed by atoms with Gasteiger partial charge in [0.05, 0.1) is 38.2 Å². The van der Waals surface area contributed by atoms with Crippen molar-refractivity contribution in [1.82, 2.24) is 15.0 Å². The van der Waals surface area contributed by atoms with E-state index in [2.05, 4.69) is 10.3 Å². The first-order valence-electron chi connectivity index (χ1n) is 9.14. The predicted molar refractivity (Wildman–Crippen MR) is 92.0 cm³/mol. The van der Waals surface area contributed by atoms with Crippen molar-refractivity contribution < 1.29 is 33.9 Å². The van der Waals surface area contributed by atoms with Crippen LogP contribution in [0.1, 0.15) is 19.5 Å². The highest BCUT2D eigenvalue weighted by atomic mass is 16.6. The zero-order chi connectivity index (χ0) is 19.6. The summed E-state index contributed by atoms with van der Waals surface area (Å²) in [4.78, 5) is 0. The number of aliphatic hydroxyl groups excluding tert-OH is 2. The fourth-order valence-corrected chi connectivity index (χ4v) is 3.68. The first-order chi connectivity index (χ1) is 12.9. The number of aromatic nitrogens is 3. The van der Waals surface area contributed by atoms with Crippen LogP contribution in [0.3, 0.4) is 0 Å². The molecule has 1 aromatic heterocycles. The Kier molecular flexibility index (Phi) is 6.79. The van der Waals surface area contributed by atoms with Gasteiger partial charge in [0.1, 0.15) is 42.3 Å². The van der Waals surface area contributed by atoms with Gasteiger partial charge in [-0.15, -0.1) is 5.10 Å². The Morgan fingerprint density at radius 3 is 2.52 bits per heavy atom. The highest BCUT2D eigenvalue weighted by Gasteiger charge is 2.43. The van der Waals surface area contributed by atoms with Crippen LogP contribution < -0.4 is 0 Å². The lowest BCUT2D eigenvalue weighted by molar-refractivity contribution is -0.0431. The predicted octanol–water partition coefficient (Wildman–Crippen LogP) is -0.879. The summed E-state index contributed by atoms with van der Waals surface area (Å²) in [7, 11) is 3.12. The summed E-state index contributed by atoms with van der Waals surface area (Å²) in [6.07, 6.45) is -1.78. The Bertz CT molecular complexity index is 601. The van der Waals surface area contributed by atoms with Crippen molar-refractivity contribution in [2.24, 2.45) is 0 Å². The first-order valence-corrected chi connectivity index (χ1v) is 9.14. The van der Waals surface area contributed by atoms with Crippen molar-refractivity contribution in [3.8, 4) is 0 Å². The molecule has 0 amide bonds. The summed E-state index contributed by atoms with van der Waals surface area (Å²) in [6, 6.07) is 0. The normalized spacial score (nSPS) is 39.3. The molecule has 8 atom stereocenters. The lowest BCUT2D eigenvalue weighted by atomic mass is 10.1. The molecule has 3 heterocycles. The second-order valence-electron chi connectivity index (χ2n) is 7.10. The van der Waals surface area contributed by atoms with E-state index in [1.165, 1.54) is 0 Å². The van der Waals surface area contributed by atoms with E-state index in [9.17, 15) is 10.2 Å². The summed E-state index contributed by atoms with van der Waals surface area (Å²) in [5.74, 6) is 0. The van der Waals surface area contributed by atoms with Gasteiger partial charge in [-0.3, -0.25) is 0 Å². The van der Waals surface area contributed by atoms with Crippen molar-refractivity contribution in [3.63, 3.8) is 0 Å². The van der Waals surface area contributed by atoms with Crippen molar-refractivity contribution >= 4 is 0 Å². The number of methoxy groups -OCH3 is 2. The van der Waals surface area contributed by atoms with Crippen LogP contribution in [0, 0.1) is 0 Å². The lowest BCUT2D eigenvalue weighted by Gasteiger charge is -2.18. The zero-order valence-electron chi connectivity index (χ0n) is 16.1. The topological polar surface area (TPSA) is 117 Å². The molecule has 3 rings (SSSR count). The Morgan fingerprint density at radius 1 is 1.07 bits per heavy atom. The number of ether oxygens (including phenoxy) is 5. The molecule has 1 aromatic rings. The molecule has 2 unspecified atom stereocenters. The molecule has 0 radical (unpaired) electrons. The quantitative estimate of drug-likeness (QED) is 0.586. The monoisotopic (exact) mass is 387 g/mol. The zero-order valence-corrected chi connectivity index (χ0v) is 16.1. The van der Waals surface area contributed by atoms with Gasteiger partial charge in [0.25, 0.3) is 0 Å². The standard InChI is InChI=1S/C17H29N3O7/c1-9-14(21)17(24-4)12(26-9)6-20-5-11(18-19-20)7-25-16-10(2)27-13(8-23-3)15(16)22/h5,9-10,12-17,21-22H,6-8H2,1-4H3/t9-,10-,12+,13+,14+,15?,16+,17?/m0/s1. The third-order valence-electron chi connectivity index (χ3n) is 5.12. The van der Waals surface area contributed by atoms with Gasteiger partial charge in [-0.05, 0) is 13.8 Å². The SMILES string of the molecule is COC[C@H]1O[C@@H](C)[C@@H](OCc2cn(C[C@H]3O[C@@H](C)[C@@H](O)C3OC)nn2)C1O. The summed E-state index contributed by atoms with van der Waals surface area (Å²) in [5, 5.41) is 28.5. The van der Waals surface area contributed by atoms with Gasteiger partial charge in [0.15, 0.2) is 0 Å². The van der Waals surface area contributed by atoms with Crippen LogP contribution in [0.4, 0.5) is 0 Å². The maximum absolute atomic E-state index is 10.3. The molecule has 2 fully saturated rings. The van der Waals surface area contributed by atoms with Gasteiger partial charge in [0.2, 0.25) is 0 Å². The molecular formula is C17H29N3O7. The minimum atomic E-state index is -0.757. The van der Waals surface area contributed by atoms with Crippen LogP contribution in [0.25, 0.3) is 0 Å². The van der Waals surface area contributed by atoms with Crippen molar-refractivity contribution in [2.75, 3.05) is 20.8 Å². The third-order valence-corrected chi connectivity index (χ3v) is 5.12. The summed E-state index contributed by atoms with van der Waals surface area (Å²) < 4.78 is 29.2. The van der Waals surface area contributed by atoms with Crippen LogP contribution in [0.2, 0.25) is 0 Å². The van der Waals surface area contributed by atoms with Gasteiger partial charge in [-0.1, -0.05) is 5.21 Å². The van der Waals surface area contributed by atoms with E-state index in [1.807, 2.05) is 13.8 Å². The van der Waals surface area contributed by atoms with Gasteiger partial charge in [-0.2, -0.15) is 0 Å². The van der Waals surface area contributed by atoms with Crippen LogP contribution >= 0.6 is 0 Å². The van der Waals surface area contributed by atoms with Gasteiger partial charge in [-0.25, -0.2) is 4.68 Å². The lowest BCUT2D eigenvalue weighted by Crippen LogP contribution is -2.36. The molecule has 0 spiro atoms. The second-order valence-corrected chi connectivity index (χ2v) is 7.10. The van der Waals surface area contributed by atoms with Crippen molar-refractivity contribution in [2.45, 2.75) is 75.8 Å². The molecule has 27 heavy (non-hydrogen) atoms. The second kappa shape index (κ2) is 8.91. The van der Waals surface area contributed by atoms with E-state index in [0.29, 0.717) is 18.8 Å². The highest BCUT2D eigenvalue weighted by molar-refractivity contribution is 4.95. The highest BCUT2D eigenvalue weighted by Crippen LogP contribution is 2.26. The average Bonchev–Trinajstić information content (AvgIpc) is 3.26. The van der Waals surface area contributed by atoms with E-state index < -0.39 is 30.5 Å². The first kappa shape index (κ1) is 20.6. The Balaban J connectivity index is 1.53. The van der Waals surface area contributed by atoms with E-state index >= 15 is 0 Å². The number of nitrogens with zero attached hydrogens (tertiary/aromatic N) is 3. The Morgan fingerprint density at radius 2 is 1.81 bits per heavy atom. The smallest absolute Gasteiger partial charge is 0.113 e. The van der Waals surface area contributed by atoms with Crippen LogP contribution in [0.15, 0.2) is 6.20 Å². The summed E-state index contributed by atoms with van der Waals surface area (Å²) in [6.45, 7) is 4.59. The largest absolute Gasteiger partial charge is 0.388 e. The van der Waals surface area contributed by atoms with E-state index in [0.717, 1.165) is 0 Å². The van der Waals surface area contributed by atoms with E-state index in [4.69, 9.17) is 23.7 Å². The molecule has 2 aliphatic heterocycles. The molecule has 2 saturated heterocycles. The molecule has 0 aromatic carbocycles. The minimum Gasteiger partial charge on any atom is -0.388 e. The average molecular weight is 387 g/mol. The molecule has 0 bridgehead atoms. The van der Waals surface area contributed by atoms with Gasteiger partial charge in [0, 0.05) is 14.2 Å². The van der Waals surface area contributed by atoms with Crippen molar-refractivity contribution in [3.05, 3.63) is 11.9 Å². The molecule has 10 nitrogen and oxygen atoms in total. The number of hydrogen-bond donors (Lipinski definition) is 2. The van der Waals surface area contributed by atoms with Crippen molar-refractivity contribution in [1.29, 1.82) is 0 Å². The third kappa shape index (κ3) is 4.48. The molecule has 10 heteroatoms. The molecule has 2 N–H and O–H groups in total. The van der Waals surface area contributed by atoms with Crippen LogP contribution in [-0.2, 0) is 36.8 Å². The van der Waals surface area contributed by atoms with E-state index in [-0.39, 0.29) is 24.9 Å². The molecule has 0 saturated carbocycles. The molecule has 154 valence electrons. The van der Waals surface area contributed by atoms with Crippen LogP contribution in [0.5, 0.6) is 0 Å². The number of hydrogen-bond acceptors (Lipinski definition) is 9. The van der Waals surface area contributed by atoms with E-state index in [1.54, 1.807) is 25.1 Å². The fourth-order valence-electron chi connectivity index (χ4n) is 3.68. The maximum atomic E-state index is 10.3. The number of rotatable bonds is 8. The fraction of sp³-hybridized carbons (Fsp3) is 0.882. The minimum absolute atomic E-state index is 0.202. The maximum Gasteiger partial charge on any atom is 0.113 e. The van der Waals surface area contributed by atoms with Gasteiger partial charge < -0.3 is 33.9 Å². The Hall–Kier alpha value is -1.14. The molecule has 0 aliphatic carbocycles.